The Hall–Kier alpha value is -3.50. The molecule has 0 atom stereocenters. The molecule has 0 bridgehead atoms. The minimum atomic E-state index is -4.86. The second kappa shape index (κ2) is 11.0. The largest absolute Gasteiger partial charge is 0.432 e. The third-order valence-corrected chi connectivity index (χ3v) is 5.21. The van der Waals surface area contributed by atoms with Crippen LogP contribution in [0.1, 0.15) is 37.3 Å². The Morgan fingerprint density at radius 3 is 2.06 bits per heavy atom. The van der Waals surface area contributed by atoms with E-state index in [0.717, 1.165) is 24.8 Å². The molecule has 0 heterocycles. The Morgan fingerprint density at radius 1 is 0.889 bits per heavy atom. The molecule has 3 aromatic carbocycles. The zero-order valence-electron chi connectivity index (χ0n) is 18.7. The van der Waals surface area contributed by atoms with E-state index in [0.29, 0.717) is 6.42 Å². The summed E-state index contributed by atoms with van der Waals surface area (Å²) in [6.45, 7) is -1.59. The monoisotopic (exact) mass is 519 g/mol. The van der Waals surface area contributed by atoms with Crippen LogP contribution in [-0.4, -0.2) is 6.61 Å². The summed E-state index contributed by atoms with van der Waals surface area (Å²) in [5.74, 6) is -11.6. The maximum Gasteiger partial charge on any atom is 0.432 e. The molecule has 0 unspecified atom stereocenters. The van der Waals surface area contributed by atoms with Crippen molar-refractivity contribution < 1.29 is 49.7 Å². The van der Waals surface area contributed by atoms with Gasteiger partial charge in [-0.2, -0.15) is 17.6 Å². The lowest BCUT2D eigenvalue weighted by Gasteiger charge is -2.21. The highest BCUT2D eigenvalue weighted by Gasteiger charge is 2.43. The van der Waals surface area contributed by atoms with Crippen molar-refractivity contribution in [3.05, 3.63) is 76.9 Å². The molecule has 193 valence electrons. The molecule has 0 spiro atoms. The van der Waals surface area contributed by atoms with E-state index in [-0.39, 0.29) is 23.8 Å². The van der Waals surface area contributed by atoms with Crippen molar-refractivity contribution in [1.29, 1.82) is 0 Å². The standard InChI is InChI=1S/C25H19F8O3/c1-2-3-4-5-13-6-8-14(9-7-13)20-19(34)12-16(26)21(22(20)29)25(32,33)36-15-10-17(27)23(18(28)11-15)35-24(30)31/h6-12,24H,2-5H2,1H3. The molecule has 0 N–H and O–H groups in total. The van der Waals surface area contributed by atoms with Crippen molar-refractivity contribution >= 4 is 0 Å². The van der Waals surface area contributed by atoms with Crippen LogP contribution < -0.4 is 9.47 Å². The molecule has 0 aliphatic heterocycles. The van der Waals surface area contributed by atoms with Gasteiger partial charge in [-0.05, 0) is 24.0 Å². The van der Waals surface area contributed by atoms with Gasteiger partial charge >= 0.3 is 12.7 Å². The van der Waals surface area contributed by atoms with E-state index in [1.807, 2.05) is 6.92 Å². The Bertz CT molecular complexity index is 1190. The van der Waals surface area contributed by atoms with Crippen LogP contribution >= 0.6 is 0 Å². The number of hydrogen-bond donors (Lipinski definition) is 0. The minimum absolute atomic E-state index is 0.0741. The molecule has 0 aromatic heterocycles. The van der Waals surface area contributed by atoms with E-state index in [2.05, 4.69) is 9.47 Å². The molecule has 0 amide bonds. The Labute approximate surface area is 200 Å². The third-order valence-electron chi connectivity index (χ3n) is 5.21. The van der Waals surface area contributed by atoms with Crippen molar-refractivity contribution in [3.63, 3.8) is 0 Å². The molecule has 36 heavy (non-hydrogen) atoms. The minimum Gasteiger partial charge on any atom is -0.429 e. The van der Waals surface area contributed by atoms with Crippen LogP contribution in [0, 0.1) is 23.3 Å². The number of aryl methyl sites for hydroxylation is 1. The smallest absolute Gasteiger partial charge is 0.429 e. The van der Waals surface area contributed by atoms with E-state index >= 15 is 4.39 Å². The summed E-state index contributed by atoms with van der Waals surface area (Å²) in [4.78, 5) is 0. The summed E-state index contributed by atoms with van der Waals surface area (Å²) in [6.07, 6.45) is -1.30. The predicted molar refractivity (Wildman–Crippen MR) is 113 cm³/mol. The van der Waals surface area contributed by atoms with E-state index in [4.69, 9.17) is 0 Å². The van der Waals surface area contributed by atoms with E-state index in [1.54, 1.807) is 12.1 Å². The van der Waals surface area contributed by atoms with Gasteiger partial charge in [-0.3, -0.25) is 5.11 Å². The predicted octanol–water partition coefficient (Wildman–Crippen LogP) is 8.52. The van der Waals surface area contributed by atoms with Gasteiger partial charge in [0, 0.05) is 18.2 Å². The fourth-order valence-corrected chi connectivity index (χ4v) is 3.55. The quantitative estimate of drug-likeness (QED) is 0.199. The first kappa shape index (κ1) is 27.1. The molecule has 0 fully saturated rings. The topological polar surface area (TPSA) is 38.4 Å². The van der Waals surface area contributed by atoms with Crippen LogP contribution in [0.4, 0.5) is 35.1 Å². The highest BCUT2D eigenvalue weighted by molar-refractivity contribution is 5.72. The number of hydrogen-bond acceptors (Lipinski definition) is 2. The zero-order valence-corrected chi connectivity index (χ0v) is 18.7. The molecule has 1 radical (unpaired) electrons. The van der Waals surface area contributed by atoms with Gasteiger partial charge in [0.25, 0.3) is 0 Å². The molecular weight excluding hydrogens is 500 g/mol. The SMILES string of the molecule is CCCCCc1ccc(-c2c([O])cc(F)c(C(F)(F)Oc3cc(F)c(OC(F)F)c(F)c3)c2F)cc1. The summed E-state index contributed by atoms with van der Waals surface area (Å²) in [7, 11) is 0. The molecule has 0 saturated carbocycles. The van der Waals surface area contributed by atoms with Crippen molar-refractivity contribution in [1.82, 2.24) is 0 Å². The summed E-state index contributed by atoms with van der Waals surface area (Å²) in [5.41, 5.74) is -2.07. The lowest BCUT2D eigenvalue weighted by molar-refractivity contribution is -0.189. The van der Waals surface area contributed by atoms with Gasteiger partial charge in [-0.15, -0.1) is 0 Å². The zero-order chi connectivity index (χ0) is 26.6. The summed E-state index contributed by atoms with van der Waals surface area (Å²) >= 11 is 0. The van der Waals surface area contributed by atoms with E-state index < -0.39 is 64.4 Å². The van der Waals surface area contributed by atoms with Crippen LogP contribution in [0.2, 0.25) is 0 Å². The molecule has 0 saturated heterocycles. The second-order valence-corrected chi connectivity index (χ2v) is 7.79. The average molecular weight is 519 g/mol. The maximum absolute atomic E-state index is 15.1. The summed E-state index contributed by atoms with van der Waals surface area (Å²) < 4.78 is 119. The van der Waals surface area contributed by atoms with Crippen molar-refractivity contribution in [2.45, 2.75) is 45.3 Å². The molecular formula is C25H19F8O3. The normalized spacial score (nSPS) is 11.7. The van der Waals surface area contributed by atoms with Gasteiger partial charge < -0.3 is 9.47 Å². The molecule has 3 aromatic rings. The number of halogens is 8. The average Bonchev–Trinajstić information content (AvgIpc) is 2.76. The van der Waals surface area contributed by atoms with Crippen molar-refractivity contribution in [3.8, 4) is 28.4 Å². The first-order valence-corrected chi connectivity index (χ1v) is 10.7. The Balaban J connectivity index is 1.96. The molecule has 11 heteroatoms. The van der Waals surface area contributed by atoms with E-state index in [9.17, 15) is 35.8 Å². The summed E-state index contributed by atoms with van der Waals surface area (Å²) in [5, 5.41) is 12.3. The van der Waals surface area contributed by atoms with Gasteiger partial charge in [-0.25, -0.2) is 17.6 Å². The Kier molecular flexibility index (Phi) is 8.31. The van der Waals surface area contributed by atoms with Gasteiger partial charge in [0.2, 0.25) is 0 Å². The van der Waals surface area contributed by atoms with Gasteiger partial charge in [0.15, 0.2) is 29.0 Å². The Morgan fingerprint density at radius 2 is 1.50 bits per heavy atom. The number of alkyl halides is 4. The maximum atomic E-state index is 15.1. The highest BCUT2D eigenvalue weighted by Crippen LogP contribution is 2.43. The number of benzene rings is 3. The molecule has 0 aliphatic carbocycles. The van der Waals surface area contributed by atoms with Crippen LogP contribution in [0.15, 0.2) is 42.5 Å². The van der Waals surface area contributed by atoms with Crippen LogP contribution in [0.3, 0.4) is 0 Å². The van der Waals surface area contributed by atoms with Gasteiger partial charge in [-0.1, -0.05) is 44.0 Å². The van der Waals surface area contributed by atoms with Crippen molar-refractivity contribution in [2.24, 2.45) is 0 Å². The van der Waals surface area contributed by atoms with Gasteiger partial charge in [0.1, 0.15) is 17.1 Å². The first-order chi connectivity index (χ1) is 16.9. The number of rotatable bonds is 10. The summed E-state index contributed by atoms with van der Waals surface area (Å²) in [6, 6.07) is 6.10. The molecule has 3 nitrogen and oxygen atoms in total. The second-order valence-electron chi connectivity index (χ2n) is 7.79. The van der Waals surface area contributed by atoms with Crippen molar-refractivity contribution in [2.75, 3.05) is 0 Å². The van der Waals surface area contributed by atoms with Gasteiger partial charge in [0.05, 0.1) is 5.56 Å². The third kappa shape index (κ3) is 6.00. The number of unbranched alkanes of at least 4 members (excludes halogenated alkanes) is 2. The lowest BCUT2D eigenvalue weighted by Crippen LogP contribution is -2.25. The molecule has 3 rings (SSSR count). The first-order valence-electron chi connectivity index (χ1n) is 10.7. The van der Waals surface area contributed by atoms with Crippen LogP contribution in [-0.2, 0) is 17.6 Å². The highest BCUT2D eigenvalue weighted by atomic mass is 19.3. The lowest BCUT2D eigenvalue weighted by atomic mass is 9.97. The fraction of sp³-hybridized carbons (Fsp3) is 0.280. The van der Waals surface area contributed by atoms with E-state index in [1.165, 1.54) is 12.1 Å². The number of ether oxygens (including phenoxy) is 2. The van der Waals surface area contributed by atoms with Crippen LogP contribution in [0.25, 0.3) is 11.1 Å². The fourth-order valence-electron chi connectivity index (χ4n) is 3.55. The molecule has 0 aliphatic rings. The van der Waals surface area contributed by atoms with Crippen LogP contribution in [0.5, 0.6) is 17.2 Å².